The SMILES string of the molecule is C=CC[C+](C[CH2-])C[CH-]C[CH2+]. The summed E-state index contributed by atoms with van der Waals surface area (Å²) in [4.78, 5) is 0. The van der Waals surface area contributed by atoms with Crippen molar-refractivity contribution in [3.8, 4) is 0 Å². The van der Waals surface area contributed by atoms with Crippen LogP contribution < -0.4 is 0 Å². The standard InChI is InChI=1S/C10H16/c1-4-7-9-10(6-3)8-5-2/h5,7H,1-4,6,8-9H2. The quantitative estimate of drug-likeness (QED) is 0.388. The zero-order chi connectivity index (χ0) is 7.82. The smallest absolute Gasteiger partial charge is 0.102 e. The van der Waals surface area contributed by atoms with E-state index in [-0.39, 0.29) is 0 Å². The van der Waals surface area contributed by atoms with E-state index in [1.165, 1.54) is 5.92 Å². The molecular formula is C10H16. The van der Waals surface area contributed by atoms with E-state index in [4.69, 9.17) is 0 Å². The average molecular weight is 136 g/mol. The van der Waals surface area contributed by atoms with Gasteiger partial charge in [-0.3, -0.25) is 6.92 Å². The van der Waals surface area contributed by atoms with E-state index in [0.717, 1.165) is 25.7 Å². The van der Waals surface area contributed by atoms with Crippen molar-refractivity contribution in [1.29, 1.82) is 0 Å². The molecule has 10 heavy (non-hydrogen) atoms. The van der Waals surface area contributed by atoms with Crippen LogP contribution in [-0.4, -0.2) is 0 Å². The third-order valence-electron chi connectivity index (χ3n) is 1.42. The number of hydrogen-bond acceptors (Lipinski definition) is 0. The summed E-state index contributed by atoms with van der Waals surface area (Å²) in [5.74, 6) is 1.44. The highest BCUT2D eigenvalue weighted by atomic mass is 14.1. The third-order valence-corrected chi connectivity index (χ3v) is 1.42. The molecule has 0 saturated heterocycles. The van der Waals surface area contributed by atoms with Gasteiger partial charge in [-0.15, -0.1) is 0 Å². The van der Waals surface area contributed by atoms with Gasteiger partial charge in [0.2, 0.25) is 0 Å². The minimum atomic E-state index is 0.903. The van der Waals surface area contributed by atoms with Crippen LogP contribution in [0.25, 0.3) is 0 Å². The number of rotatable bonds is 6. The molecule has 0 aromatic heterocycles. The van der Waals surface area contributed by atoms with Crippen LogP contribution in [0, 0.1) is 26.2 Å². The highest BCUT2D eigenvalue weighted by Crippen LogP contribution is 2.17. The number of unbranched alkanes of at least 4 members (excludes halogenated alkanes) is 1. The molecule has 0 bridgehead atoms. The summed E-state index contributed by atoms with van der Waals surface area (Å²) in [5, 5.41) is 0. The van der Waals surface area contributed by atoms with Gasteiger partial charge in [-0.25, -0.2) is 6.42 Å². The molecule has 0 heterocycles. The van der Waals surface area contributed by atoms with E-state index in [1.807, 2.05) is 6.08 Å². The minimum Gasteiger partial charge on any atom is -0.299 e. The first kappa shape index (κ1) is 9.48. The van der Waals surface area contributed by atoms with Crippen molar-refractivity contribution in [1.82, 2.24) is 0 Å². The maximum absolute atomic E-state index is 3.83. The Kier molecular flexibility index (Phi) is 6.25. The van der Waals surface area contributed by atoms with Gasteiger partial charge in [0.15, 0.2) is 0 Å². The van der Waals surface area contributed by atoms with Crippen molar-refractivity contribution in [2.24, 2.45) is 0 Å². The van der Waals surface area contributed by atoms with Crippen molar-refractivity contribution in [3.63, 3.8) is 0 Å². The molecule has 0 nitrogen and oxygen atoms in total. The molecule has 0 heteroatoms. The average Bonchev–Trinajstić information content (AvgIpc) is 1.98. The largest absolute Gasteiger partial charge is 0.299 e. The van der Waals surface area contributed by atoms with Crippen LogP contribution in [0.2, 0.25) is 0 Å². The maximum Gasteiger partial charge on any atom is 0.102 e. The molecule has 0 spiro atoms. The summed E-state index contributed by atoms with van der Waals surface area (Å²) in [6.45, 7) is 11.2. The lowest BCUT2D eigenvalue weighted by Crippen LogP contribution is -1.93. The molecule has 0 rings (SSSR count). The zero-order valence-corrected chi connectivity index (χ0v) is 6.60. The van der Waals surface area contributed by atoms with Gasteiger partial charge >= 0.3 is 0 Å². The molecule has 0 aromatic rings. The van der Waals surface area contributed by atoms with Crippen LogP contribution in [0.1, 0.15) is 25.7 Å². The van der Waals surface area contributed by atoms with E-state index in [1.54, 1.807) is 0 Å². The lowest BCUT2D eigenvalue weighted by molar-refractivity contribution is 0.801. The van der Waals surface area contributed by atoms with Gasteiger partial charge in [-0.1, -0.05) is 6.58 Å². The minimum absolute atomic E-state index is 0.903. The lowest BCUT2D eigenvalue weighted by Gasteiger charge is -2.08. The molecule has 0 aliphatic carbocycles. The van der Waals surface area contributed by atoms with Crippen molar-refractivity contribution in [3.05, 3.63) is 38.8 Å². The molecule has 0 aromatic carbocycles. The zero-order valence-electron chi connectivity index (χ0n) is 6.60. The number of allylic oxidation sites excluding steroid dienone is 1. The summed E-state index contributed by atoms with van der Waals surface area (Å²) < 4.78 is 0. The van der Waals surface area contributed by atoms with Crippen LogP contribution in [0.15, 0.2) is 12.7 Å². The molecular weight excluding hydrogens is 120 g/mol. The molecule has 0 N–H and O–H groups in total. The van der Waals surface area contributed by atoms with Crippen molar-refractivity contribution in [2.75, 3.05) is 0 Å². The van der Waals surface area contributed by atoms with E-state index >= 15 is 0 Å². The Morgan fingerprint density at radius 2 is 2.40 bits per heavy atom. The number of hydrogen-bond donors (Lipinski definition) is 0. The van der Waals surface area contributed by atoms with Crippen LogP contribution in [0.3, 0.4) is 0 Å². The van der Waals surface area contributed by atoms with Crippen molar-refractivity contribution in [2.45, 2.75) is 25.7 Å². The van der Waals surface area contributed by atoms with Crippen LogP contribution in [0.5, 0.6) is 0 Å². The Morgan fingerprint density at radius 3 is 2.80 bits per heavy atom. The molecule has 0 amide bonds. The van der Waals surface area contributed by atoms with Gasteiger partial charge in [-0.2, -0.15) is 0 Å². The van der Waals surface area contributed by atoms with Gasteiger partial charge in [-0.05, 0) is 25.3 Å². The maximum atomic E-state index is 3.83. The monoisotopic (exact) mass is 136 g/mol. The van der Waals surface area contributed by atoms with Crippen LogP contribution >= 0.6 is 0 Å². The fourth-order valence-corrected chi connectivity index (χ4v) is 0.798. The summed E-state index contributed by atoms with van der Waals surface area (Å²) in [5.41, 5.74) is 0. The fraction of sp³-hybridized carbons (Fsp3) is 0.400. The Bertz CT molecular complexity index is 74.1. The van der Waals surface area contributed by atoms with Crippen molar-refractivity contribution < 1.29 is 0 Å². The molecule has 0 saturated carbocycles. The summed E-state index contributed by atoms with van der Waals surface area (Å²) in [7, 11) is 0. The summed E-state index contributed by atoms with van der Waals surface area (Å²) >= 11 is 0. The summed E-state index contributed by atoms with van der Waals surface area (Å²) in [6, 6.07) is 0. The van der Waals surface area contributed by atoms with Crippen molar-refractivity contribution >= 4 is 0 Å². The second-order valence-electron chi connectivity index (χ2n) is 2.27. The van der Waals surface area contributed by atoms with Gasteiger partial charge in [0.1, 0.15) is 6.42 Å². The Hall–Kier alpha value is -0.520. The lowest BCUT2D eigenvalue weighted by atomic mass is 9.96. The second kappa shape index (κ2) is 6.60. The predicted octanol–water partition coefficient (Wildman–Crippen LogP) is 3.18. The van der Waals surface area contributed by atoms with Gasteiger partial charge in [0.25, 0.3) is 0 Å². The normalized spacial score (nSPS) is 9.30. The van der Waals surface area contributed by atoms with E-state index in [0.29, 0.717) is 0 Å². The molecule has 0 unspecified atom stereocenters. The predicted molar refractivity (Wildman–Crippen MR) is 46.9 cm³/mol. The Balaban J connectivity index is 3.29. The van der Waals surface area contributed by atoms with Crippen LogP contribution in [-0.2, 0) is 0 Å². The Morgan fingerprint density at radius 1 is 1.70 bits per heavy atom. The first-order valence-corrected chi connectivity index (χ1v) is 3.69. The molecule has 0 aliphatic heterocycles. The first-order chi connectivity index (χ1) is 4.85. The van der Waals surface area contributed by atoms with E-state index in [9.17, 15) is 0 Å². The fourth-order valence-electron chi connectivity index (χ4n) is 0.798. The highest BCUT2D eigenvalue weighted by molar-refractivity contribution is 4.99. The second-order valence-corrected chi connectivity index (χ2v) is 2.27. The van der Waals surface area contributed by atoms with Gasteiger partial charge in [0.05, 0.1) is 0 Å². The third kappa shape index (κ3) is 4.37. The summed E-state index contributed by atoms with van der Waals surface area (Å²) in [6.07, 6.45) is 7.98. The highest BCUT2D eigenvalue weighted by Gasteiger charge is 2.04. The van der Waals surface area contributed by atoms with Gasteiger partial charge < -0.3 is 0 Å². The molecule has 56 valence electrons. The van der Waals surface area contributed by atoms with Gasteiger partial charge in [0, 0.05) is 12.8 Å². The molecule has 0 fully saturated rings. The van der Waals surface area contributed by atoms with E-state index in [2.05, 4.69) is 26.8 Å². The topological polar surface area (TPSA) is 0 Å². The molecule has 0 atom stereocenters. The van der Waals surface area contributed by atoms with Crippen LogP contribution in [0.4, 0.5) is 0 Å². The molecule has 0 aliphatic rings. The first-order valence-electron chi connectivity index (χ1n) is 3.69. The van der Waals surface area contributed by atoms with E-state index < -0.39 is 0 Å². The molecule has 0 radical (unpaired) electrons. The Labute approximate surface area is 65.3 Å².